The molecule has 88 valence electrons. The van der Waals surface area contributed by atoms with Gasteiger partial charge in [0, 0.05) is 31.7 Å². The smallest absolute Gasteiger partial charge is 0.0227 e. The fraction of sp³-hybridized carbons (Fsp3) is 0.846. The van der Waals surface area contributed by atoms with Gasteiger partial charge in [-0.3, -0.25) is 4.90 Å². The zero-order valence-corrected chi connectivity index (χ0v) is 10.5. The molecule has 0 spiro atoms. The first kappa shape index (κ1) is 12.7. The summed E-state index contributed by atoms with van der Waals surface area (Å²) in [6, 6.07) is 1.37. The van der Waals surface area contributed by atoms with E-state index in [1.165, 1.54) is 19.4 Å². The highest BCUT2D eigenvalue weighted by atomic mass is 15.2. The van der Waals surface area contributed by atoms with Crippen LogP contribution in [-0.4, -0.2) is 36.6 Å². The minimum Gasteiger partial charge on any atom is -0.311 e. The summed E-state index contributed by atoms with van der Waals surface area (Å²) < 4.78 is 0. The minimum absolute atomic E-state index is 0.674. The molecular weight excluding hydrogens is 184 g/mol. The highest BCUT2D eigenvalue weighted by molar-refractivity contribution is 4.89. The summed E-state index contributed by atoms with van der Waals surface area (Å²) in [4.78, 5) is 2.58. The van der Waals surface area contributed by atoms with Crippen molar-refractivity contribution in [2.75, 3.05) is 19.6 Å². The van der Waals surface area contributed by atoms with Crippen LogP contribution in [0.15, 0.2) is 12.7 Å². The molecule has 1 fully saturated rings. The molecule has 0 aliphatic carbocycles. The van der Waals surface area contributed by atoms with E-state index in [4.69, 9.17) is 0 Å². The molecule has 2 heteroatoms. The predicted octanol–water partition coefficient (Wildman–Crippen LogP) is 2.27. The van der Waals surface area contributed by atoms with E-state index in [2.05, 4.69) is 37.6 Å². The van der Waals surface area contributed by atoms with Gasteiger partial charge in [-0.05, 0) is 18.8 Å². The van der Waals surface area contributed by atoms with Crippen molar-refractivity contribution in [3.8, 4) is 0 Å². The molecule has 2 nitrogen and oxygen atoms in total. The second kappa shape index (κ2) is 6.29. The number of nitrogens with one attached hydrogen (secondary N) is 1. The van der Waals surface area contributed by atoms with E-state index in [9.17, 15) is 0 Å². The van der Waals surface area contributed by atoms with Gasteiger partial charge < -0.3 is 5.32 Å². The highest BCUT2D eigenvalue weighted by Crippen LogP contribution is 2.16. The standard InChI is InChI=1S/C13H26N2/c1-5-7-15-10-12(6-2)14-9-13(15)8-11(3)4/h5,11-14H,1,6-10H2,2-4H3. The first-order valence-electron chi connectivity index (χ1n) is 6.25. The fourth-order valence-electron chi connectivity index (χ4n) is 2.37. The van der Waals surface area contributed by atoms with Crippen molar-refractivity contribution in [3.05, 3.63) is 12.7 Å². The SMILES string of the molecule is C=CCN1CC(CC)NCC1CC(C)C. The van der Waals surface area contributed by atoms with Crippen LogP contribution in [0.3, 0.4) is 0 Å². The molecule has 0 aromatic rings. The molecule has 0 amide bonds. The van der Waals surface area contributed by atoms with E-state index >= 15 is 0 Å². The third-order valence-electron chi connectivity index (χ3n) is 3.21. The first-order chi connectivity index (χ1) is 7.17. The molecular formula is C13H26N2. The third kappa shape index (κ3) is 3.96. The molecule has 1 rings (SSSR count). The Hall–Kier alpha value is -0.340. The third-order valence-corrected chi connectivity index (χ3v) is 3.21. The van der Waals surface area contributed by atoms with Crippen molar-refractivity contribution >= 4 is 0 Å². The van der Waals surface area contributed by atoms with Gasteiger partial charge in [0.2, 0.25) is 0 Å². The Morgan fingerprint density at radius 3 is 2.80 bits per heavy atom. The zero-order valence-electron chi connectivity index (χ0n) is 10.5. The summed E-state index contributed by atoms with van der Waals surface area (Å²) in [7, 11) is 0. The predicted molar refractivity (Wildman–Crippen MR) is 67.1 cm³/mol. The van der Waals surface area contributed by atoms with Crippen LogP contribution in [0.4, 0.5) is 0 Å². The molecule has 2 unspecified atom stereocenters. The molecule has 0 saturated carbocycles. The average Bonchev–Trinajstić information content (AvgIpc) is 2.20. The Labute approximate surface area is 94.7 Å². The van der Waals surface area contributed by atoms with Gasteiger partial charge in [0.1, 0.15) is 0 Å². The van der Waals surface area contributed by atoms with E-state index < -0.39 is 0 Å². The van der Waals surface area contributed by atoms with E-state index in [1.807, 2.05) is 6.08 Å². The lowest BCUT2D eigenvalue weighted by Gasteiger charge is -2.40. The van der Waals surface area contributed by atoms with E-state index in [1.54, 1.807) is 0 Å². The molecule has 2 atom stereocenters. The summed E-state index contributed by atoms with van der Waals surface area (Å²) in [5.41, 5.74) is 0. The van der Waals surface area contributed by atoms with Gasteiger partial charge in [0.05, 0.1) is 0 Å². The van der Waals surface area contributed by atoms with Crippen molar-refractivity contribution in [2.24, 2.45) is 5.92 Å². The lowest BCUT2D eigenvalue weighted by molar-refractivity contribution is 0.126. The van der Waals surface area contributed by atoms with Crippen LogP contribution >= 0.6 is 0 Å². The molecule has 1 aliphatic heterocycles. The summed E-state index contributed by atoms with van der Waals surface area (Å²) in [5.74, 6) is 0.780. The summed E-state index contributed by atoms with van der Waals surface area (Å²) in [6.07, 6.45) is 4.55. The average molecular weight is 210 g/mol. The number of rotatable bonds is 5. The van der Waals surface area contributed by atoms with Gasteiger partial charge in [-0.15, -0.1) is 6.58 Å². The molecule has 1 aliphatic rings. The van der Waals surface area contributed by atoms with Gasteiger partial charge in [0.15, 0.2) is 0 Å². The molecule has 0 bridgehead atoms. The maximum absolute atomic E-state index is 3.86. The van der Waals surface area contributed by atoms with E-state index in [0.717, 1.165) is 19.0 Å². The molecule has 0 aromatic heterocycles. The number of piperazine rings is 1. The van der Waals surface area contributed by atoms with Crippen LogP contribution in [-0.2, 0) is 0 Å². The lowest BCUT2D eigenvalue weighted by Crippen LogP contribution is -2.56. The number of hydrogen-bond acceptors (Lipinski definition) is 2. The van der Waals surface area contributed by atoms with Crippen molar-refractivity contribution in [1.29, 1.82) is 0 Å². The van der Waals surface area contributed by atoms with Crippen molar-refractivity contribution in [1.82, 2.24) is 10.2 Å². The maximum Gasteiger partial charge on any atom is 0.0227 e. The van der Waals surface area contributed by atoms with Crippen molar-refractivity contribution in [3.63, 3.8) is 0 Å². The zero-order chi connectivity index (χ0) is 11.3. The molecule has 15 heavy (non-hydrogen) atoms. The van der Waals surface area contributed by atoms with Crippen molar-refractivity contribution in [2.45, 2.75) is 45.7 Å². The van der Waals surface area contributed by atoms with Gasteiger partial charge in [-0.2, -0.15) is 0 Å². The summed E-state index contributed by atoms with van der Waals surface area (Å²) in [5, 5.41) is 3.64. The van der Waals surface area contributed by atoms with Crippen LogP contribution in [0.2, 0.25) is 0 Å². The first-order valence-corrected chi connectivity index (χ1v) is 6.25. The quantitative estimate of drug-likeness (QED) is 0.700. The lowest BCUT2D eigenvalue weighted by atomic mass is 9.98. The Bertz CT molecular complexity index is 189. The largest absolute Gasteiger partial charge is 0.311 e. The van der Waals surface area contributed by atoms with Gasteiger partial charge >= 0.3 is 0 Å². The number of nitrogens with zero attached hydrogens (tertiary/aromatic N) is 1. The molecule has 0 aromatic carbocycles. The second-order valence-electron chi connectivity index (χ2n) is 5.04. The summed E-state index contributed by atoms with van der Waals surface area (Å²) >= 11 is 0. The Morgan fingerprint density at radius 1 is 1.53 bits per heavy atom. The normalized spacial score (nSPS) is 28.3. The van der Waals surface area contributed by atoms with Gasteiger partial charge in [0.25, 0.3) is 0 Å². The van der Waals surface area contributed by atoms with Crippen LogP contribution in [0.5, 0.6) is 0 Å². The molecule has 1 heterocycles. The molecule has 1 N–H and O–H groups in total. The van der Waals surface area contributed by atoms with E-state index in [0.29, 0.717) is 12.1 Å². The van der Waals surface area contributed by atoms with Crippen LogP contribution in [0.25, 0.3) is 0 Å². The Morgan fingerprint density at radius 2 is 2.27 bits per heavy atom. The monoisotopic (exact) mass is 210 g/mol. The minimum atomic E-state index is 0.674. The van der Waals surface area contributed by atoms with Gasteiger partial charge in [-0.25, -0.2) is 0 Å². The van der Waals surface area contributed by atoms with Gasteiger partial charge in [-0.1, -0.05) is 26.8 Å². The fourth-order valence-corrected chi connectivity index (χ4v) is 2.37. The van der Waals surface area contributed by atoms with Crippen LogP contribution in [0.1, 0.15) is 33.6 Å². The number of hydrogen-bond donors (Lipinski definition) is 1. The van der Waals surface area contributed by atoms with E-state index in [-0.39, 0.29) is 0 Å². The topological polar surface area (TPSA) is 15.3 Å². The summed E-state index contributed by atoms with van der Waals surface area (Å²) in [6.45, 7) is 14.1. The second-order valence-corrected chi connectivity index (χ2v) is 5.04. The molecule has 1 saturated heterocycles. The Kier molecular flexibility index (Phi) is 5.34. The van der Waals surface area contributed by atoms with Crippen molar-refractivity contribution < 1.29 is 0 Å². The highest BCUT2D eigenvalue weighted by Gasteiger charge is 2.26. The molecule has 0 radical (unpaired) electrons. The maximum atomic E-state index is 3.86. The van der Waals surface area contributed by atoms with Crippen LogP contribution in [0, 0.1) is 5.92 Å². The Balaban J connectivity index is 2.50. The van der Waals surface area contributed by atoms with Crippen LogP contribution < -0.4 is 5.32 Å².